The number of hydrogen-bond acceptors (Lipinski definition) is 8. The lowest BCUT2D eigenvalue weighted by atomic mass is 10.1. The minimum atomic E-state index is -0.798. The Hall–Kier alpha value is -4.03. The Balaban J connectivity index is 1.82. The number of nitrogens with zero attached hydrogens (tertiary/aromatic N) is 5. The van der Waals surface area contributed by atoms with E-state index in [1.807, 2.05) is 37.3 Å². The third-order valence-electron chi connectivity index (χ3n) is 4.68. The molecular weight excluding hydrogens is 526 g/mol. The first-order valence-electron chi connectivity index (χ1n) is 9.66. The van der Waals surface area contributed by atoms with Crippen LogP contribution in [0.15, 0.2) is 70.2 Å². The van der Waals surface area contributed by atoms with E-state index >= 15 is 0 Å². The van der Waals surface area contributed by atoms with E-state index < -0.39 is 27.1 Å². The second-order valence-corrected chi connectivity index (χ2v) is 9.06. The number of carbonyl (C=O) groups excluding carboxylic acids is 1. The molecule has 0 saturated heterocycles. The molecule has 0 spiro atoms. The number of non-ortho nitro benzene ring substituents is 2. The number of hydrazone groups is 1. The zero-order valence-electron chi connectivity index (χ0n) is 17.4. The smallest absolute Gasteiger partial charge is 0.267 e. The van der Waals surface area contributed by atoms with Crippen molar-refractivity contribution >= 4 is 66.1 Å². The molecule has 3 aromatic carbocycles. The fourth-order valence-electron chi connectivity index (χ4n) is 2.99. The number of aryl methyl sites for hydroxylation is 1. The average Bonchev–Trinajstić information content (AvgIpc) is 3.22. The number of amides is 1. The van der Waals surface area contributed by atoms with Gasteiger partial charge in [-0.1, -0.05) is 57.1 Å². The molecule has 0 aliphatic carbocycles. The second kappa shape index (κ2) is 9.45. The van der Waals surface area contributed by atoms with Crippen molar-refractivity contribution in [2.75, 3.05) is 5.01 Å². The standard InChI is InChI=1S/C22H14BrN5O5S/c1-13-2-4-14(5-3-13)12-24-26(22-25-19-7-6-16(23)10-20(19)34-22)21(29)15-8-17(27(30)31)11-18(9-15)28(32)33/h2-12H,1H3/b24-12+. The minimum Gasteiger partial charge on any atom is -0.267 e. The van der Waals surface area contributed by atoms with Crippen LogP contribution >= 0.6 is 27.3 Å². The summed E-state index contributed by atoms with van der Waals surface area (Å²) in [6.07, 6.45) is 1.45. The number of nitro benzene ring substituents is 2. The van der Waals surface area contributed by atoms with Gasteiger partial charge in [-0.2, -0.15) is 10.1 Å². The van der Waals surface area contributed by atoms with E-state index in [2.05, 4.69) is 26.0 Å². The Labute approximate surface area is 204 Å². The summed E-state index contributed by atoms with van der Waals surface area (Å²) in [4.78, 5) is 38.9. The highest BCUT2D eigenvalue weighted by atomic mass is 79.9. The maximum Gasteiger partial charge on any atom is 0.281 e. The molecule has 0 aliphatic rings. The molecule has 34 heavy (non-hydrogen) atoms. The van der Waals surface area contributed by atoms with Gasteiger partial charge in [0.2, 0.25) is 5.13 Å². The van der Waals surface area contributed by atoms with E-state index in [0.29, 0.717) is 11.1 Å². The molecule has 0 saturated carbocycles. The van der Waals surface area contributed by atoms with Crippen LogP contribution in [0, 0.1) is 27.2 Å². The van der Waals surface area contributed by atoms with Crippen LogP contribution in [0.4, 0.5) is 16.5 Å². The van der Waals surface area contributed by atoms with Crippen LogP contribution in [-0.4, -0.2) is 27.0 Å². The summed E-state index contributed by atoms with van der Waals surface area (Å²) < 4.78 is 1.60. The van der Waals surface area contributed by atoms with Crippen molar-refractivity contribution in [1.82, 2.24) is 4.98 Å². The number of anilines is 1. The average molecular weight is 540 g/mol. The molecule has 0 radical (unpaired) electrons. The van der Waals surface area contributed by atoms with Crippen LogP contribution in [0.5, 0.6) is 0 Å². The van der Waals surface area contributed by atoms with E-state index in [1.165, 1.54) is 17.6 Å². The normalized spacial score (nSPS) is 11.1. The molecule has 10 nitrogen and oxygen atoms in total. The monoisotopic (exact) mass is 539 g/mol. The number of hydrogen-bond donors (Lipinski definition) is 0. The van der Waals surface area contributed by atoms with E-state index in [-0.39, 0.29) is 10.7 Å². The summed E-state index contributed by atoms with van der Waals surface area (Å²) >= 11 is 4.58. The Bertz CT molecular complexity index is 1440. The number of halogens is 1. The van der Waals surface area contributed by atoms with Crippen LogP contribution < -0.4 is 5.01 Å². The molecule has 1 heterocycles. The Morgan fingerprint density at radius 2 is 1.68 bits per heavy atom. The summed E-state index contributed by atoms with van der Waals surface area (Å²) in [6.45, 7) is 1.94. The van der Waals surface area contributed by atoms with Crippen LogP contribution in [0.25, 0.3) is 10.2 Å². The number of carbonyl (C=O) groups is 1. The van der Waals surface area contributed by atoms with Crippen molar-refractivity contribution < 1.29 is 14.6 Å². The summed E-state index contributed by atoms with van der Waals surface area (Å²) in [6, 6.07) is 15.6. The molecule has 1 amide bonds. The highest BCUT2D eigenvalue weighted by molar-refractivity contribution is 9.10. The van der Waals surface area contributed by atoms with Gasteiger partial charge in [0.15, 0.2) is 0 Å². The number of rotatable bonds is 6. The first-order chi connectivity index (χ1) is 16.2. The predicted octanol–water partition coefficient (Wildman–Crippen LogP) is 5.86. The van der Waals surface area contributed by atoms with Gasteiger partial charge in [0.25, 0.3) is 17.3 Å². The molecular formula is C22H14BrN5O5S. The van der Waals surface area contributed by atoms with Crippen LogP contribution in [-0.2, 0) is 0 Å². The molecule has 0 atom stereocenters. The number of aromatic nitrogens is 1. The van der Waals surface area contributed by atoms with E-state index in [4.69, 9.17) is 0 Å². The minimum absolute atomic E-state index is 0.204. The molecule has 0 bridgehead atoms. The topological polar surface area (TPSA) is 132 Å². The van der Waals surface area contributed by atoms with E-state index in [0.717, 1.165) is 37.9 Å². The van der Waals surface area contributed by atoms with E-state index in [9.17, 15) is 25.0 Å². The first-order valence-corrected chi connectivity index (χ1v) is 11.3. The predicted molar refractivity (Wildman–Crippen MR) is 133 cm³/mol. The van der Waals surface area contributed by atoms with Gasteiger partial charge in [-0.3, -0.25) is 25.0 Å². The number of fused-ring (bicyclic) bond motifs is 1. The second-order valence-electron chi connectivity index (χ2n) is 7.13. The van der Waals surface area contributed by atoms with Crippen LogP contribution in [0.1, 0.15) is 21.5 Å². The lowest BCUT2D eigenvalue weighted by Gasteiger charge is -2.13. The van der Waals surface area contributed by atoms with Gasteiger partial charge < -0.3 is 0 Å². The quantitative estimate of drug-likeness (QED) is 0.171. The molecule has 0 N–H and O–H groups in total. The molecule has 170 valence electrons. The van der Waals surface area contributed by atoms with Gasteiger partial charge in [-0.25, -0.2) is 4.98 Å². The van der Waals surface area contributed by atoms with Gasteiger partial charge in [0.05, 0.1) is 37.9 Å². The van der Waals surface area contributed by atoms with Crippen LogP contribution in [0.3, 0.4) is 0 Å². The fraction of sp³-hybridized carbons (Fsp3) is 0.0455. The molecule has 0 unspecified atom stereocenters. The summed E-state index contributed by atoms with van der Waals surface area (Å²) in [7, 11) is 0. The fourth-order valence-corrected chi connectivity index (χ4v) is 4.47. The molecule has 12 heteroatoms. The first kappa shape index (κ1) is 23.1. The third kappa shape index (κ3) is 4.97. The largest absolute Gasteiger partial charge is 0.281 e. The molecule has 1 aromatic heterocycles. The van der Waals surface area contributed by atoms with Crippen molar-refractivity contribution in [1.29, 1.82) is 0 Å². The van der Waals surface area contributed by atoms with Crippen molar-refractivity contribution in [2.45, 2.75) is 6.92 Å². The van der Waals surface area contributed by atoms with Gasteiger partial charge in [-0.15, -0.1) is 0 Å². The summed E-state index contributed by atoms with van der Waals surface area (Å²) in [5, 5.41) is 28.1. The van der Waals surface area contributed by atoms with Gasteiger partial charge in [0.1, 0.15) is 0 Å². The lowest BCUT2D eigenvalue weighted by molar-refractivity contribution is -0.394. The number of nitro groups is 2. The zero-order valence-corrected chi connectivity index (χ0v) is 19.8. The zero-order chi connectivity index (χ0) is 24.4. The Morgan fingerprint density at radius 3 is 2.29 bits per heavy atom. The molecule has 0 fully saturated rings. The van der Waals surface area contributed by atoms with E-state index in [1.54, 1.807) is 12.1 Å². The van der Waals surface area contributed by atoms with Crippen molar-refractivity contribution in [3.05, 3.63) is 102 Å². The molecule has 4 aromatic rings. The molecule has 4 rings (SSSR count). The summed E-state index contributed by atoms with van der Waals surface area (Å²) in [5.74, 6) is -0.798. The number of benzene rings is 3. The Morgan fingerprint density at radius 1 is 1.03 bits per heavy atom. The SMILES string of the molecule is Cc1ccc(/C=N/N(C(=O)c2cc([N+](=O)[O-])cc([N+](=O)[O-])c2)c2nc3ccc(Br)cc3s2)cc1. The maximum absolute atomic E-state index is 13.4. The highest BCUT2D eigenvalue weighted by Gasteiger charge is 2.26. The van der Waals surface area contributed by atoms with Gasteiger partial charge in [0, 0.05) is 16.6 Å². The van der Waals surface area contributed by atoms with Gasteiger partial charge >= 0.3 is 0 Å². The number of thiazole rings is 1. The van der Waals surface area contributed by atoms with Crippen LogP contribution in [0.2, 0.25) is 0 Å². The van der Waals surface area contributed by atoms with Crippen molar-refractivity contribution in [3.63, 3.8) is 0 Å². The molecule has 0 aliphatic heterocycles. The lowest BCUT2D eigenvalue weighted by Crippen LogP contribution is -2.25. The highest BCUT2D eigenvalue weighted by Crippen LogP contribution is 2.33. The maximum atomic E-state index is 13.4. The van der Waals surface area contributed by atoms with Gasteiger partial charge in [-0.05, 0) is 30.7 Å². The third-order valence-corrected chi connectivity index (χ3v) is 6.17. The summed E-state index contributed by atoms with van der Waals surface area (Å²) in [5.41, 5.74) is 0.962. The Kier molecular flexibility index (Phi) is 6.43. The van der Waals surface area contributed by atoms with Crippen molar-refractivity contribution in [2.24, 2.45) is 5.10 Å². The van der Waals surface area contributed by atoms with Crippen molar-refractivity contribution in [3.8, 4) is 0 Å².